The Morgan fingerprint density at radius 2 is 2.08 bits per heavy atom. The first-order valence-corrected chi connectivity index (χ1v) is 8.64. The van der Waals surface area contributed by atoms with Crippen molar-refractivity contribution >= 4 is 33.4 Å². The van der Waals surface area contributed by atoms with Gasteiger partial charge in [0.2, 0.25) is 0 Å². The van der Waals surface area contributed by atoms with Gasteiger partial charge in [-0.15, -0.1) is 0 Å². The predicted octanol–water partition coefficient (Wildman–Crippen LogP) is 2.96. The second-order valence-electron chi connectivity index (χ2n) is 5.33. The minimum absolute atomic E-state index is 0.360. The third-order valence-corrected chi connectivity index (χ3v) is 4.85. The zero-order valence-corrected chi connectivity index (χ0v) is 14.7. The molecule has 2 aromatic heterocycles. The molecule has 1 amide bonds. The van der Waals surface area contributed by atoms with Crippen molar-refractivity contribution in [2.24, 2.45) is 4.99 Å². The number of para-hydroxylation sites is 1. The SMILES string of the molecule is CCC(C(=O)OC)n1/c(=N/C(=O)c2cccnc2)sc2ccccc21. The Bertz CT molecular complexity index is 976. The number of thiazole rings is 1. The molecule has 128 valence electrons. The molecule has 0 saturated carbocycles. The number of methoxy groups -OCH3 is 1. The van der Waals surface area contributed by atoms with E-state index in [2.05, 4.69) is 9.98 Å². The van der Waals surface area contributed by atoms with Gasteiger partial charge in [0.15, 0.2) is 4.80 Å². The summed E-state index contributed by atoms with van der Waals surface area (Å²) in [5, 5.41) is 0. The van der Waals surface area contributed by atoms with Crippen molar-refractivity contribution in [3.05, 3.63) is 59.2 Å². The fourth-order valence-electron chi connectivity index (χ4n) is 2.60. The minimum Gasteiger partial charge on any atom is -0.467 e. The highest BCUT2D eigenvalue weighted by molar-refractivity contribution is 7.16. The van der Waals surface area contributed by atoms with Gasteiger partial charge in [0, 0.05) is 12.4 Å². The van der Waals surface area contributed by atoms with E-state index in [0.717, 1.165) is 10.2 Å². The van der Waals surface area contributed by atoms with E-state index in [1.807, 2.05) is 31.2 Å². The Labute approximate surface area is 148 Å². The van der Waals surface area contributed by atoms with Crippen LogP contribution in [0.25, 0.3) is 10.2 Å². The van der Waals surface area contributed by atoms with Crippen LogP contribution < -0.4 is 4.80 Å². The second-order valence-corrected chi connectivity index (χ2v) is 6.34. The van der Waals surface area contributed by atoms with Crippen LogP contribution in [-0.4, -0.2) is 28.5 Å². The van der Waals surface area contributed by atoms with Crippen LogP contribution in [0.5, 0.6) is 0 Å². The summed E-state index contributed by atoms with van der Waals surface area (Å²) in [6.45, 7) is 1.90. The summed E-state index contributed by atoms with van der Waals surface area (Å²) in [6.07, 6.45) is 3.60. The molecule has 25 heavy (non-hydrogen) atoms. The van der Waals surface area contributed by atoms with Crippen LogP contribution in [-0.2, 0) is 9.53 Å². The first-order valence-electron chi connectivity index (χ1n) is 7.82. The Morgan fingerprint density at radius 1 is 1.28 bits per heavy atom. The molecular weight excluding hydrogens is 338 g/mol. The first-order chi connectivity index (χ1) is 12.2. The molecule has 6 nitrogen and oxygen atoms in total. The molecule has 7 heteroatoms. The topological polar surface area (TPSA) is 73.6 Å². The smallest absolute Gasteiger partial charge is 0.328 e. The summed E-state index contributed by atoms with van der Waals surface area (Å²) in [6, 6.07) is 10.5. The summed E-state index contributed by atoms with van der Waals surface area (Å²) in [7, 11) is 1.36. The normalized spacial score (nSPS) is 13.0. The Hall–Kier alpha value is -2.80. The highest BCUT2D eigenvalue weighted by atomic mass is 32.1. The maximum atomic E-state index is 12.5. The van der Waals surface area contributed by atoms with Gasteiger partial charge in [-0.3, -0.25) is 9.78 Å². The number of rotatable bonds is 4. The van der Waals surface area contributed by atoms with Gasteiger partial charge in [-0.2, -0.15) is 4.99 Å². The maximum absolute atomic E-state index is 12.5. The molecule has 0 bridgehead atoms. The molecule has 3 aromatic rings. The summed E-state index contributed by atoms with van der Waals surface area (Å²) in [4.78, 5) is 33.3. The number of esters is 1. The van der Waals surface area contributed by atoms with Gasteiger partial charge in [-0.05, 0) is 30.7 Å². The van der Waals surface area contributed by atoms with E-state index in [4.69, 9.17) is 4.74 Å². The molecule has 0 spiro atoms. The number of carbonyl (C=O) groups is 2. The van der Waals surface area contributed by atoms with Crippen LogP contribution in [0.2, 0.25) is 0 Å². The third-order valence-electron chi connectivity index (χ3n) is 3.81. The zero-order valence-electron chi connectivity index (χ0n) is 13.9. The lowest BCUT2D eigenvalue weighted by atomic mass is 10.2. The molecule has 0 saturated heterocycles. The van der Waals surface area contributed by atoms with Crippen LogP contribution in [0.1, 0.15) is 29.7 Å². The number of hydrogen-bond acceptors (Lipinski definition) is 5. The van der Waals surface area contributed by atoms with Crippen LogP contribution in [0.3, 0.4) is 0 Å². The van der Waals surface area contributed by atoms with E-state index in [0.29, 0.717) is 16.8 Å². The van der Waals surface area contributed by atoms with E-state index >= 15 is 0 Å². The summed E-state index contributed by atoms with van der Waals surface area (Å²) in [5.41, 5.74) is 1.25. The predicted molar refractivity (Wildman–Crippen MR) is 95.3 cm³/mol. The van der Waals surface area contributed by atoms with E-state index in [1.54, 1.807) is 22.9 Å². The van der Waals surface area contributed by atoms with Gasteiger partial charge >= 0.3 is 5.97 Å². The highest BCUT2D eigenvalue weighted by Crippen LogP contribution is 2.23. The molecule has 2 heterocycles. The van der Waals surface area contributed by atoms with Gasteiger partial charge in [0.25, 0.3) is 5.91 Å². The number of aromatic nitrogens is 2. The fraction of sp³-hybridized carbons (Fsp3) is 0.222. The summed E-state index contributed by atoms with van der Waals surface area (Å²) >= 11 is 1.37. The van der Waals surface area contributed by atoms with Gasteiger partial charge < -0.3 is 9.30 Å². The summed E-state index contributed by atoms with van der Waals surface area (Å²) < 4.78 is 7.65. The Morgan fingerprint density at radius 3 is 2.76 bits per heavy atom. The molecule has 0 fully saturated rings. The molecule has 1 aromatic carbocycles. The molecule has 1 unspecified atom stereocenters. The van der Waals surface area contributed by atoms with Crippen molar-refractivity contribution in [2.45, 2.75) is 19.4 Å². The number of amides is 1. The van der Waals surface area contributed by atoms with Crippen molar-refractivity contribution < 1.29 is 14.3 Å². The second kappa shape index (κ2) is 7.40. The number of benzene rings is 1. The molecule has 3 rings (SSSR count). The largest absolute Gasteiger partial charge is 0.467 e. The fourth-order valence-corrected chi connectivity index (χ4v) is 3.67. The zero-order chi connectivity index (χ0) is 17.8. The van der Waals surface area contributed by atoms with Gasteiger partial charge in [0.1, 0.15) is 6.04 Å². The maximum Gasteiger partial charge on any atom is 0.328 e. The van der Waals surface area contributed by atoms with Crippen molar-refractivity contribution in [1.82, 2.24) is 9.55 Å². The first kappa shape index (κ1) is 17.0. The van der Waals surface area contributed by atoms with E-state index < -0.39 is 11.9 Å². The van der Waals surface area contributed by atoms with Crippen molar-refractivity contribution in [2.75, 3.05) is 7.11 Å². The van der Waals surface area contributed by atoms with Crippen molar-refractivity contribution in [3.8, 4) is 0 Å². The average molecular weight is 355 g/mol. The van der Waals surface area contributed by atoms with Gasteiger partial charge in [-0.1, -0.05) is 30.4 Å². The number of nitrogens with zero attached hydrogens (tertiary/aromatic N) is 3. The molecule has 0 aliphatic heterocycles. The van der Waals surface area contributed by atoms with E-state index in [9.17, 15) is 9.59 Å². The quantitative estimate of drug-likeness (QED) is 0.675. The number of pyridine rings is 1. The lowest BCUT2D eigenvalue weighted by molar-refractivity contribution is -0.144. The molecular formula is C18H17N3O3S. The number of fused-ring (bicyclic) bond motifs is 1. The Kier molecular flexibility index (Phi) is 5.04. The highest BCUT2D eigenvalue weighted by Gasteiger charge is 2.23. The number of ether oxygens (including phenoxy) is 1. The summed E-state index contributed by atoms with van der Waals surface area (Å²) in [5.74, 6) is -0.755. The van der Waals surface area contributed by atoms with Crippen LogP contribution in [0, 0.1) is 0 Å². The van der Waals surface area contributed by atoms with Gasteiger partial charge in [-0.25, -0.2) is 4.79 Å². The molecule has 0 radical (unpaired) electrons. The lowest BCUT2D eigenvalue weighted by Gasteiger charge is -2.15. The molecule has 0 N–H and O–H groups in total. The van der Waals surface area contributed by atoms with Gasteiger partial charge in [0.05, 0.1) is 22.9 Å². The van der Waals surface area contributed by atoms with Crippen LogP contribution >= 0.6 is 11.3 Å². The average Bonchev–Trinajstić information content (AvgIpc) is 3.01. The van der Waals surface area contributed by atoms with Crippen LogP contribution in [0.4, 0.5) is 0 Å². The number of carbonyl (C=O) groups excluding carboxylic acids is 2. The van der Waals surface area contributed by atoms with Crippen molar-refractivity contribution in [1.29, 1.82) is 0 Å². The van der Waals surface area contributed by atoms with E-state index in [-0.39, 0.29) is 5.97 Å². The minimum atomic E-state index is -0.540. The molecule has 0 aliphatic rings. The Balaban J connectivity index is 2.21. The molecule has 1 atom stereocenters. The third kappa shape index (κ3) is 3.36. The standard InChI is InChI=1S/C18H17N3O3S/c1-3-13(17(23)24-2)21-14-8-4-5-9-15(14)25-18(21)20-16(22)12-7-6-10-19-11-12/h4-11,13H,3H2,1-2H3/b20-18-. The van der Waals surface area contributed by atoms with Crippen molar-refractivity contribution in [3.63, 3.8) is 0 Å². The lowest BCUT2D eigenvalue weighted by Crippen LogP contribution is -2.28. The number of hydrogen-bond donors (Lipinski definition) is 0. The molecule has 0 aliphatic carbocycles. The van der Waals surface area contributed by atoms with E-state index in [1.165, 1.54) is 24.6 Å². The van der Waals surface area contributed by atoms with Crippen LogP contribution in [0.15, 0.2) is 53.8 Å². The monoisotopic (exact) mass is 355 g/mol.